The number of nitrogens with zero attached hydrogens (tertiary/aromatic N) is 1. The highest BCUT2D eigenvalue weighted by molar-refractivity contribution is 7.09. The monoisotopic (exact) mass is 410 g/mol. The van der Waals surface area contributed by atoms with Crippen molar-refractivity contribution in [3.63, 3.8) is 0 Å². The highest BCUT2D eigenvalue weighted by Crippen LogP contribution is 2.32. The Morgan fingerprint density at radius 3 is 2.32 bits per heavy atom. The van der Waals surface area contributed by atoms with Crippen molar-refractivity contribution in [1.29, 1.82) is 0 Å². The molecule has 1 aliphatic heterocycles. The molecule has 4 rings (SSSR count). The van der Waals surface area contributed by atoms with Crippen molar-refractivity contribution >= 4 is 63.3 Å². The summed E-state index contributed by atoms with van der Waals surface area (Å²) in [5.74, 6) is -0.0968. The molecule has 0 saturated carbocycles. The molecule has 0 bridgehead atoms. The summed E-state index contributed by atoms with van der Waals surface area (Å²) in [4.78, 5) is 28.8. The first-order valence-corrected chi connectivity index (χ1v) is 9.76. The molecule has 0 atom stereocenters. The molecule has 0 fully saturated rings. The van der Waals surface area contributed by atoms with E-state index in [-0.39, 0.29) is 18.4 Å². The zero-order valence-corrected chi connectivity index (χ0v) is 16.1. The van der Waals surface area contributed by atoms with E-state index in [0.717, 1.165) is 16.9 Å². The van der Waals surface area contributed by atoms with E-state index in [1.807, 2.05) is 22.9 Å². The number of hydrogen-bond donors (Lipinski definition) is 3. The molecule has 2 aromatic carbocycles. The number of halogens is 1. The van der Waals surface area contributed by atoms with Crippen molar-refractivity contribution < 1.29 is 9.59 Å². The van der Waals surface area contributed by atoms with Crippen molar-refractivity contribution in [2.24, 2.45) is 4.99 Å². The van der Waals surface area contributed by atoms with Gasteiger partial charge < -0.3 is 16.0 Å². The van der Waals surface area contributed by atoms with Crippen LogP contribution in [0.4, 0.5) is 27.5 Å². The Balaban J connectivity index is 1.46. The molecule has 3 amide bonds. The first kappa shape index (κ1) is 18.2. The van der Waals surface area contributed by atoms with Gasteiger partial charge in [0.15, 0.2) is 0 Å². The van der Waals surface area contributed by atoms with Crippen LogP contribution in [0.2, 0.25) is 5.02 Å². The number of amides is 3. The topological polar surface area (TPSA) is 82.6 Å². The van der Waals surface area contributed by atoms with Gasteiger partial charge in [-0.2, -0.15) is 0 Å². The van der Waals surface area contributed by atoms with E-state index >= 15 is 0 Å². The third-order valence-corrected chi connectivity index (χ3v) is 5.06. The molecule has 0 unspecified atom stereocenters. The zero-order valence-electron chi connectivity index (χ0n) is 14.5. The fourth-order valence-corrected chi connectivity index (χ4v) is 3.56. The van der Waals surface area contributed by atoms with Crippen molar-refractivity contribution in [3.8, 4) is 0 Å². The molecule has 140 valence electrons. The van der Waals surface area contributed by atoms with Crippen LogP contribution in [0.5, 0.6) is 0 Å². The van der Waals surface area contributed by atoms with Gasteiger partial charge >= 0.3 is 6.03 Å². The second kappa shape index (κ2) is 7.84. The summed E-state index contributed by atoms with van der Waals surface area (Å²) in [5.41, 5.74) is 4.29. The lowest BCUT2D eigenvalue weighted by atomic mass is 10.1. The lowest BCUT2D eigenvalue weighted by Crippen LogP contribution is -2.19. The minimum absolute atomic E-state index is 0.0968. The van der Waals surface area contributed by atoms with Crippen LogP contribution in [-0.4, -0.2) is 17.6 Å². The molecular weight excluding hydrogens is 396 g/mol. The van der Waals surface area contributed by atoms with Gasteiger partial charge in [-0.3, -0.25) is 4.79 Å². The van der Waals surface area contributed by atoms with Gasteiger partial charge in [-0.1, -0.05) is 23.7 Å². The summed E-state index contributed by atoms with van der Waals surface area (Å²) in [6.07, 6.45) is 0.198. The lowest BCUT2D eigenvalue weighted by molar-refractivity contribution is -0.115. The first-order chi connectivity index (χ1) is 13.6. The average Bonchev–Trinajstić information content (AvgIpc) is 3.03. The molecule has 2 heterocycles. The number of rotatable bonds is 3. The predicted molar refractivity (Wildman–Crippen MR) is 114 cm³/mol. The third-order valence-electron chi connectivity index (χ3n) is 4.08. The molecule has 3 N–H and O–H groups in total. The summed E-state index contributed by atoms with van der Waals surface area (Å²) >= 11 is 7.33. The number of thiophene rings is 1. The van der Waals surface area contributed by atoms with Crippen LogP contribution in [0.3, 0.4) is 0 Å². The second-order valence-corrected chi connectivity index (χ2v) is 7.30. The predicted octanol–water partition coefficient (Wildman–Crippen LogP) is 5.51. The minimum atomic E-state index is -0.357. The third kappa shape index (κ3) is 4.21. The zero-order chi connectivity index (χ0) is 19.5. The Hall–Kier alpha value is -3.16. The number of aliphatic imine (C=N–C) groups is 1. The van der Waals surface area contributed by atoms with Gasteiger partial charge in [-0.15, -0.1) is 11.3 Å². The van der Waals surface area contributed by atoms with Crippen molar-refractivity contribution in [1.82, 2.24) is 0 Å². The number of nitrogens with one attached hydrogen (secondary N) is 3. The molecule has 1 aliphatic rings. The van der Waals surface area contributed by atoms with Gasteiger partial charge in [0.2, 0.25) is 5.91 Å². The van der Waals surface area contributed by atoms with Gasteiger partial charge in [0, 0.05) is 27.2 Å². The normalized spacial score (nSPS) is 13.0. The summed E-state index contributed by atoms with van der Waals surface area (Å²) < 4.78 is 0. The summed E-state index contributed by atoms with van der Waals surface area (Å²) in [6.45, 7) is 0. The number of anilines is 3. The maximum absolute atomic E-state index is 12.1. The van der Waals surface area contributed by atoms with Gasteiger partial charge in [0.25, 0.3) is 0 Å². The Labute approximate surface area is 170 Å². The van der Waals surface area contributed by atoms with E-state index in [2.05, 4.69) is 20.9 Å². The fraction of sp³-hybridized carbons (Fsp3) is 0.0500. The summed E-state index contributed by atoms with van der Waals surface area (Å²) in [6, 6.07) is 13.7. The Bertz CT molecular complexity index is 1060. The molecule has 0 aliphatic carbocycles. The molecule has 0 saturated heterocycles. The van der Waals surface area contributed by atoms with Gasteiger partial charge in [0.1, 0.15) is 0 Å². The number of fused-ring (bicyclic) bond motifs is 1. The van der Waals surface area contributed by atoms with Crippen LogP contribution in [-0.2, 0) is 4.79 Å². The Morgan fingerprint density at radius 2 is 1.64 bits per heavy atom. The molecule has 0 spiro atoms. The Kier molecular flexibility index (Phi) is 5.10. The number of urea groups is 1. The maximum atomic E-state index is 12.1. The quantitative estimate of drug-likeness (QED) is 0.532. The van der Waals surface area contributed by atoms with Crippen LogP contribution >= 0.6 is 22.9 Å². The van der Waals surface area contributed by atoms with Gasteiger partial charge in [-0.25, -0.2) is 9.79 Å². The van der Waals surface area contributed by atoms with E-state index in [1.165, 1.54) is 11.3 Å². The Morgan fingerprint density at radius 1 is 1.00 bits per heavy atom. The first-order valence-electron chi connectivity index (χ1n) is 8.44. The molecule has 3 aromatic rings. The van der Waals surface area contributed by atoms with Crippen LogP contribution in [0, 0.1) is 0 Å². The summed E-state index contributed by atoms with van der Waals surface area (Å²) in [5, 5.41) is 12.7. The highest BCUT2D eigenvalue weighted by atomic mass is 35.5. The molecular formula is C20H15ClN4O2S. The van der Waals surface area contributed by atoms with Crippen LogP contribution in [0.25, 0.3) is 0 Å². The fourth-order valence-electron chi connectivity index (χ4n) is 2.74. The van der Waals surface area contributed by atoms with Crippen molar-refractivity contribution in [3.05, 3.63) is 69.9 Å². The van der Waals surface area contributed by atoms with E-state index in [4.69, 9.17) is 11.6 Å². The van der Waals surface area contributed by atoms with E-state index in [9.17, 15) is 9.59 Å². The summed E-state index contributed by atoms with van der Waals surface area (Å²) in [7, 11) is 0. The van der Waals surface area contributed by atoms with Crippen molar-refractivity contribution in [2.75, 3.05) is 16.0 Å². The van der Waals surface area contributed by atoms with E-state index in [1.54, 1.807) is 36.4 Å². The van der Waals surface area contributed by atoms with E-state index in [0.29, 0.717) is 22.1 Å². The molecule has 0 radical (unpaired) electrons. The van der Waals surface area contributed by atoms with Crippen LogP contribution < -0.4 is 16.0 Å². The molecule has 8 heteroatoms. The smallest absolute Gasteiger partial charge is 0.323 e. The minimum Gasteiger partial charge on any atom is -0.323 e. The SMILES string of the molecule is O=C1CC(c2ccc(NC(=O)Nc3ccc(Cl)cc3)cc2)=Nc2cscc2N1. The second-order valence-electron chi connectivity index (χ2n) is 6.12. The van der Waals surface area contributed by atoms with Crippen molar-refractivity contribution in [2.45, 2.75) is 6.42 Å². The standard InChI is InChI=1S/C20H15ClN4O2S/c21-13-3-7-15(8-4-13)23-20(27)22-14-5-1-12(2-6-14)16-9-19(26)25-18-11-28-10-17(18)24-16/h1-8,10-11H,9H2,(H,25,26)(H2,22,23,27). The lowest BCUT2D eigenvalue weighted by Gasteiger charge is -2.09. The van der Waals surface area contributed by atoms with Gasteiger partial charge in [0.05, 0.1) is 23.5 Å². The number of carbonyl (C=O) groups excluding carboxylic acids is 2. The molecule has 6 nitrogen and oxygen atoms in total. The van der Waals surface area contributed by atoms with E-state index < -0.39 is 0 Å². The van der Waals surface area contributed by atoms with Gasteiger partial charge in [-0.05, 0) is 42.0 Å². The maximum Gasteiger partial charge on any atom is 0.323 e. The molecule has 28 heavy (non-hydrogen) atoms. The number of hydrogen-bond acceptors (Lipinski definition) is 4. The highest BCUT2D eigenvalue weighted by Gasteiger charge is 2.17. The number of benzene rings is 2. The number of carbonyl (C=O) groups is 2. The average molecular weight is 411 g/mol. The van der Waals surface area contributed by atoms with Crippen LogP contribution in [0.1, 0.15) is 12.0 Å². The largest absolute Gasteiger partial charge is 0.323 e. The van der Waals surface area contributed by atoms with Crippen LogP contribution in [0.15, 0.2) is 64.3 Å². The molecule has 1 aromatic heterocycles.